The van der Waals surface area contributed by atoms with Crippen LogP contribution in [-0.2, 0) is 14.3 Å². The molecule has 1 rings (SSSR count). The lowest BCUT2D eigenvalue weighted by Gasteiger charge is -2.21. The summed E-state index contributed by atoms with van der Waals surface area (Å²) in [6.07, 6.45) is 0.805. The maximum absolute atomic E-state index is 12.3. The van der Waals surface area contributed by atoms with E-state index in [1.54, 1.807) is 0 Å². The van der Waals surface area contributed by atoms with Gasteiger partial charge in [-0.2, -0.15) is 0 Å². The van der Waals surface area contributed by atoms with Gasteiger partial charge in [-0.3, -0.25) is 14.9 Å². The number of carbonyl (C=O) groups excluding carboxylic acids is 3. The van der Waals surface area contributed by atoms with Crippen LogP contribution in [0.15, 0.2) is 30.3 Å². The number of imide groups is 1. The molecule has 0 fully saturated rings. The van der Waals surface area contributed by atoms with Gasteiger partial charge in [0.15, 0.2) is 6.61 Å². The van der Waals surface area contributed by atoms with Crippen LogP contribution in [0.5, 0.6) is 0 Å². The maximum Gasteiger partial charge on any atom is 0.321 e. The van der Waals surface area contributed by atoms with Gasteiger partial charge < -0.3 is 10.1 Å². The summed E-state index contributed by atoms with van der Waals surface area (Å²) in [6, 6.07) is 8.68. The minimum atomic E-state index is -0.663. The quantitative estimate of drug-likeness (QED) is 0.785. The smallest absolute Gasteiger partial charge is 0.321 e. The number of hydrogen-bond donors (Lipinski definition) is 2. The van der Waals surface area contributed by atoms with E-state index in [0.717, 1.165) is 12.0 Å². The SMILES string of the molecule is CC[C@@H](C)[C@@H](C(=O)OCC(=O)NC(=O)NC)c1ccccc1. The lowest BCUT2D eigenvalue weighted by Crippen LogP contribution is -2.40. The molecule has 0 saturated heterocycles. The summed E-state index contributed by atoms with van der Waals surface area (Å²) in [5.41, 5.74) is 0.855. The Kier molecular flexibility index (Phi) is 7.08. The second-order valence-corrected chi connectivity index (χ2v) is 5.01. The van der Waals surface area contributed by atoms with E-state index >= 15 is 0 Å². The second-order valence-electron chi connectivity index (χ2n) is 5.01. The molecule has 6 heteroatoms. The number of amides is 3. The molecule has 0 aliphatic heterocycles. The van der Waals surface area contributed by atoms with Gasteiger partial charge in [0.2, 0.25) is 0 Å². The van der Waals surface area contributed by atoms with Crippen LogP contribution in [-0.4, -0.2) is 31.6 Å². The maximum atomic E-state index is 12.3. The predicted octanol–water partition coefficient (Wildman–Crippen LogP) is 1.82. The average Bonchev–Trinajstić information content (AvgIpc) is 2.53. The van der Waals surface area contributed by atoms with E-state index in [4.69, 9.17) is 4.74 Å². The number of nitrogens with one attached hydrogen (secondary N) is 2. The van der Waals surface area contributed by atoms with Crippen molar-refractivity contribution in [3.8, 4) is 0 Å². The van der Waals surface area contributed by atoms with Gasteiger partial charge in [0.1, 0.15) is 0 Å². The molecule has 0 aromatic heterocycles. The van der Waals surface area contributed by atoms with Gasteiger partial charge in [-0.15, -0.1) is 0 Å². The van der Waals surface area contributed by atoms with Crippen molar-refractivity contribution in [2.75, 3.05) is 13.7 Å². The first-order valence-corrected chi connectivity index (χ1v) is 7.22. The first-order valence-electron chi connectivity index (χ1n) is 7.22. The van der Waals surface area contributed by atoms with Crippen LogP contribution < -0.4 is 10.6 Å². The Morgan fingerprint density at radius 3 is 2.36 bits per heavy atom. The Morgan fingerprint density at radius 1 is 1.18 bits per heavy atom. The Hall–Kier alpha value is -2.37. The van der Waals surface area contributed by atoms with E-state index in [-0.39, 0.29) is 5.92 Å². The van der Waals surface area contributed by atoms with Gasteiger partial charge in [-0.25, -0.2) is 4.79 Å². The van der Waals surface area contributed by atoms with E-state index in [9.17, 15) is 14.4 Å². The molecule has 0 unspecified atom stereocenters. The van der Waals surface area contributed by atoms with Crippen molar-refractivity contribution >= 4 is 17.9 Å². The number of urea groups is 1. The van der Waals surface area contributed by atoms with Crippen LogP contribution in [0.1, 0.15) is 31.7 Å². The molecular weight excluding hydrogens is 284 g/mol. The molecule has 0 heterocycles. The Bertz CT molecular complexity index is 516. The number of ether oxygens (including phenoxy) is 1. The van der Waals surface area contributed by atoms with Crippen molar-refractivity contribution in [2.24, 2.45) is 5.92 Å². The zero-order chi connectivity index (χ0) is 16.5. The Morgan fingerprint density at radius 2 is 1.82 bits per heavy atom. The number of benzene rings is 1. The molecule has 0 radical (unpaired) electrons. The highest BCUT2D eigenvalue weighted by atomic mass is 16.5. The number of carbonyl (C=O) groups is 3. The fraction of sp³-hybridized carbons (Fsp3) is 0.438. The molecule has 0 bridgehead atoms. The van der Waals surface area contributed by atoms with Crippen LogP contribution in [0.3, 0.4) is 0 Å². The molecule has 1 aromatic carbocycles. The average molecular weight is 306 g/mol. The summed E-state index contributed by atoms with van der Waals surface area (Å²) >= 11 is 0. The third-order valence-corrected chi connectivity index (χ3v) is 3.45. The first-order chi connectivity index (χ1) is 10.5. The number of hydrogen-bond acceptors (Lipinski definition) is 4. The highest BCUT2D eigenvalue weighted by molar-refractivity contribution is 5.95. The second kappa shape index (κ2) is 8.81. The van der Waals surface area contributed by atoms with Crippen LogP contribution in [0.25, 0.3) is 0 Å². The molecule has 0 saturated carbocycles. The molecule has 22 heavy (non-hydrogen) atoms. The minimum absolute atomic E-state index is 0.0805. The molecule has 0 aliphatic rings. The summed E-state index contributed by atoms with van der Waals surface area (Å²) in [6.45, 7) is 3.47. The van der Waals surface area contributed by atoms with Crippen LogP contribution >= 0.6 is 0 Å². The van der Waals surface area contributed by atoms with Gasteiger partial charge in [-0.1, -0.05) is 50.6 Å². The summed E-state index contributed by atoms with van der Waals surface area (Å²) in [5, 5.41) is 4.29. The summed E-state index contributed by atoms with van der Waals surface area (Å²) in [7, 11) is 1.39. The van der Waals surface area contributed by atoms with E-state index in [2.05, 4.69) is 5.32 Å². The zero-order valence-electron chi connectivity index (χ0n) is 13.1. The number of esters is 1. The Balaban J connectivity index is 2.70. The van der Waals surface area contributed by atoms with Crippen LogP contribution in [0.4, 0.5) is 4.79 Å². The van der Waals surface area contributed by atoms with Gasteiger partial charge >= 0.3 is 12.0 Å². The van der Waals surface area contributed by atoms with Gasteiger partial charge in [0.25, 0.3) is 5.91 Å². The normalized spacial score (nSPS) is 12.9. The van der Waals surface area contributed by atoms with Crippen LogP contribution in [0.2, 0.25) is 0 Å². The topological polar surface area (TPSA) is 84.5 Å². The highest BCUT2D eigenvalue weighted by Crippen LogP contribution is 2.28. The van der Waals surface area contributed by atoms with Gasteiger partial charge in [0, 0.05) is 7.05 Å². The first kappa shape index (κ1) is 17.7. The van der Waals surface area contributed by atoms with Crippen molar-refractivity contribution in [3.05, 3.63) is 35.9 Å². The van der Waals surface area contributed by atoms with Crippen molar-refractivity contribution in [3.63, 3.8) is 0 Å². The monoisotopic (exact) mass is 306 g/mol. The van der Waals surface area contributed by atoms with Crippen molar-refractivity contribution in [2.45, 2.75) is 26.2 Å². The number of rotatable bonds is 6. The van der Waals surface area contributed by atoms with Gasteiger partial charge in [-0.05, 0) is 11.5 Å². The van der Waals surface area contributed by atoms with Gasteiger partial charge in [0.05, 0.1) is 5.92 Å². The predicted molar refractivity (Wildman–Crippen MR) is 82.2 cm³/mol. The van der Waals surface area contributed by atoms with E-state index in [1.165, 1.54) is 7.05 Å². The summed E-state index contributed by atoms with van der Waals surface area (Å²) < 4.78 is 5.06. The van der Waals surface area contributed by atoms with E-state index in [0.29, 0.717) is 0 Å². The van der Waals surface area contributed by atoms with Crippen molar-refractivity contribution in [1.29, 1.82) is 0 Å². The third kappa shape index (κ3) is 5.20. The summed E-state index contributed by atoms with van der Waals surface area (Å²) in [4.78, 5) is 34.8. The molecule has 1 aromatic rings. The minimum Gasteiger partial charge on any atom is -0.455 e. The Labute approximate surface area is 130 Å². The fourth-order valence-electron chi connectivity index (χ4n) is 2.04. The molecular formula is C16H22N2O4. The molecule has 3 amide bonds. The molecule has 2 atom stereocenters. The molecule has 0 spiro atoms. The molecule has 6 nitrogen and oxygen atoms in total. The zero-order valence-corrected chi connectivity index (χ0v) is 13.1. The third-order valence-electron chi connectivity index (χ3n) is 3.45. The largest absolute Gasteiger partial charge is 0.455 e. The molecule has 120 valence electrons. The lowest BCUT2D eigenvalue weighted by atomic mass is 9.86. The highest BCUT2D eigenvalue weighted by Gasteiger charge is 2.27. The van der Waals surface area contributed by atoms with Crippen molar-refractivity contribution in [1.82, 2.24) is 10.6 Å². The summed E-state index contributed by atoms with van der Waals surface area (Å²) in [5.74, 6) is -1.48. The standard InChI is InChI=1S/C16H22N2O4/c1-4-11(2)14(12-8-6-5-7-9-12)15(20)22-10-13(19)18-16(21)17-3/h5-9,11,14H,4,10H2,1-3H3,(H2,17,18,19,21)/t11-,14-/m1/s1. The van der Waals surface area contributed by atoms with Crippen LogP contribution in [0, 0.1) is 5.92 Å². The van der Waals surface area contributed by atoms with Crippen molar-refractivity contribution < 1.29 is 19.1 Å². The van der Waals surface area contributed by atoms with E-state index in [1.807, 2.05) is 49.5 Å². The van der Waals surface area contributed by atoms with E-state index < -0.39 is 30.4 Å². The fourth-order valence-corrected chi connectivity index (χ4v) is 2.04. The lowest BCUT2D eigenvalue weighted by molar-refractivity contribution is -0.151. The molecule has 0 aliphatic carbocycles. The molecule has 2 N–H and O–H groups in total.